The Morgan fingerprint density at radius 1 is 1.24 bits per heavy atom. The minimum Gasteiger partial charge on any atom is -0.482 e. The highest BCUT2D eigenvalue weighted by atomic mass is 35.5. The van der Waals surface area contributed by atoms with E-state index in [0.717, 1.165) is 0 Å². The Hall–Kier alpha value is -3.06. The molecule has 0 saturated carbocycles. The van der Waals surface area contributed by atoms with Crippen LogP contribution in [-0.2, 0) is 9.59 Å². The molecule has 8 heteroatoms. The van der Waals surface area contributed by atoms with Crippen LogP contribution < -0.4 is 20.7 Å². The van der Waals surface area contributed by atoms with Gasteiger partial charge >= 0.3 is 0 Å². The van der Waals surface area contributed by atoms with Crippen LogP contribution in [0.4, 0.5) is 11.4 Å². The van der Waals surface area contributed by atoms with Crippen LogP contribution in [0.2, 0.25) is 5.02 Å². The Balaban J connectivity index is 1.81. The molecule has 7 nitrogen and oxygen atoms in total. The Kier molecular flexibility index (Phi) is 4.58. The largest absolute Gasteiger partial charge is 0.482 e. The summed E-state index contributed by atoms with van der Waals surface area (Å²) >= 11 is 5.97. The van der Waals surface area contributed by atoms with Crippen LogP contribution in [0.5, 0.6) is 5.75 Å². The van der Waals surface area contributed by atoms with E-state index < -0.39 is 11.8 Å². The van der Waals surface area contributed by atoms with Gasteiger partial charge in [-0.1, -0.05) is 23.7 Å². The van der Waals surface area contributed by atoms with Gasteiger partial charge in [0.05, 0.1) is 16.9 Å². The summed E-state index contributed by atoms with van der Waals surface area (Å²) < 4.78 is 5.33. The monoisotopic (exact) mass is 359 g/mol. The number of hydrogen-bond donors (Lipinski definition) is 2. The maximum absolute atomic E-state index is 12.4. The number of nitrogens with zero attached hydrogens (tertiary/aromatic N) is 1. The summed E-state index contributed by atoms with van der Waals surface area (Å²) in [4.78, 5) is 37.2. The molecule has 0 saturated heterocycles. The highest BCUT2D eigenvalue weighted by Gasteiger charge is 2.27. The SMILES string of the molecule is NC(=O)c1ccccc1NC(=O)CN1C(=O)COc2ccc(Cl)cc21. The molecule has 2 aromatic carbocycles. The van der Waals surface area contributed by atoms with Crippen molar-refractivity contribution >= 4 is 40.7 Å². The molecule has 0 spiro atoms. The molecule has 0 aromatic heterocycles. The number of hydrogen-bond acceptors (Lipinski definition) is 4. The third-order valence-corrected chi connectivity index (χ3v) is 3.87. The van der Waals surface area contributed by atoms with Crippen LogP contribution in [0, 0.1) is 0 Å². The number of rotatable bonds is 4. The Morgan fingerprint density at radius 3 is 2.76 bits per heavy atom. The maximum atomic E-state index is 12.4. The number of nitrogens with one attached hydrogen (secondary N) is 1. The van der Waals surface area contributed by atoms with Crippen molar-refractivity contribution in [1.29, 1.82) is 0 Å². The molecule has 0 radical (unpaired) electrons. The lowest BCUT2D eigenvalue weighted by atomic mass is 10.1. The lowest BCUT2D eigenvalue weighted by Crippen LogP contribution is -2.43. The fourth-order valence-corrected chi connectivity index (χ4v) is 2.66. The number of anilines is 2. The van der Waals surface area contributed by atoms with Crippen molar-refractivity contribution in [2.45, 2.75) is 0 Å². The summed E-state index contributed by atoms with van der Waals surface area (Å²) in [5.74, 6) is -1.03. The normalized spacial score (nSPS) is 13.0. The van der Waals surface area contributed by atoms with Crippen molar-refractivity contribution in [3.05, 3.63) is 53.1 Å². The number of carbonyl (C=O) groups is 3. The number of para-hydroxylation sites is 1. The summed E-state index contributed by atoms with van der Waals surface area (Å²) in [6.45, 7) is -0.414. The zero-order valence-electron chi connectivity index (χ0n) is 13.0. The van der Waals surface area contributed by atoms with Gasteiger partial charge in [0.25, 0.3) is 11.8 Å². The van der Waals surface area contributed by atoms with Crippen LogP contribution in [0.25, 0.3) is 0 Å². The number of benzene rings is 2. The van der Waals surface area contributed by atoms with E-state index in [-0.39, 0.29) is 30.3 Å². The second-order valence-corrected chi connectivity index (χ2v) is 5.78. The van der Waals surface area contributed by atoms with Crippen molar-refractivity contribution in [2.24, 2.45) is 5.73 Å². The molecule has 25 heavy (non-hydrogen) atoms. The van der Waals surface area contributed by atoms with E-state index in [1.807, 2.05) is 0 Å². The van der Waals surface area contributed by atoms with E-state index in [1.165, 1.54) is 11.0 Å². The van der Waals surface area contributed by atoms with Gasteiger partial charge in [0.15, 0.2) is 6.61 Å². The number of halogens is 1. The molecule has 128 valence electrons. The van der Waals surface area contributed by atoms with Gasteiger partial charge in [0.1, 0.15) is 12.3 Å². The van der Waals surface area contributed by atoms with Crippen LogP contribution in [0.3, 0.4) is 0 Å². The molecular weight excluding hydrogens is 346 g/mol. The number of ether oxygens (including phenoxy) is 1. The molecule has 1 aliphatic rings. The molecule has 0 bridgehead atoms. The average Bonchev–Trinajstić information content (AvgIpc) is 2.58. The van der Waals surface area contributed by atoms with Gasteiger partial charge in [-0.3, -0.25) is 19.3 Å². The van der Waals surface area contributed by atoms with Crippen LogP contribution in [-0.4, -0.2) is 30.9 Å². The van der Waals surface area contributed by atoms with Crippen LogP contribution >= 0.6 is 11.6 Å². The highest BCUT2D eigenvalue weighted by Crippen LogP contribution is 2.34. The summed E-state index contributed by atoms with van der Waals surface area (Å²) in [5.41, 5.74) is 6.18. The third-order valence-electron chi connectivity index (χ3n) is 3.63. The van der Waals surface area contributed by atoms with Crippen molar-refractivity contribution in [3.8, 4) is 5.75 Å². The molecule has 3 rings (SSSR count). The second kappa shape index (κ2) is 6.82. The maximum Gasteiger partial charge on any atom is 0.265 e. The van der Waals surface area contributed by atoms with Crippen molar-refractivity contribution in [2.75, 3.05) is 23.4 Å². The van der Waals surface area contributed by atoms with E-state index in [9.17, 15) is 14.4 Å². The molecule has 0 atom stereocenters. The van der Waals surface area contributed by atoms with Crippen LogP contribution in [0.1, 0.15) is 10.4 Å². The Labute approximate surface area is 148 Å². The molecule has 3 amide bonds. The Bertz CT molecular complexity index is 869. The summed E-state index contributed by atoms with van der Waals surface area (Å²) in [7, 11) is 0. The highest BCUT2D eigenvalue weighted by molar-refractivity contribution is 6.31. The number of fused-ring (bicyclic) bond motifs is 1. The fraction of sp³-hybridized carbons (Fsp3) is 0.118. The molecule has 3 N–H and O–H groups in total. The number of nitrogens with two attached hydrogens (primary N) is 1. The van der Waals surface area contributed by atoms with Gasteiger partial charge in [0.2, 0.25) is 5.91 Å². The molecule has 0 unspecified atom stereocenters. The molecule has 1 aliphatic heterocycles. The van der Waals surface area contributed by atoms with Gasteiger partial charge in [-0.25, -0.2) is 0 Å². The first-order chi connectivity index (χ1) is 12.0. The first-order valence-electron chi connectivity index (χ1n) is 7.37. The smallest absolute Gasteiger partial charge is 0.265 e. The summed E-state index contributed by atoms with van der Waals surface area (Å²) in [6.07, 6.45) is 0. The summed E-state index contributed by atoms with van der Waals surface area (Å²) in [6, 6.07) is 11.2. The van der Waals surface area contributed by atoms with E-state index >= 15 is 0 Å². The first kappa shape index (κ1) is 16.8. The lowest BCUT2D eigenvalue weighted by molar-refractivity contribution is -0.123. The van der Waals surface area contributed by atoms with Crippen molar-refractivity contribution in [1.82, 2.24) is 0 Å². The van der Waals surface area contributed by atoms with E-state index in [2.05, 4.69) is 5.32 Å². The van der Waals surface area contributed by atoms with Gasteiger partial charge in [-0.2, -0.15) is 0 Å². The van der Waals surface area contributed by atoms with Gasteiger partial charge in [0, 0.05) is 5.02 Å². The van der Waals surface area contributed by atoms with Crippen LogP contribution in [0.15, 0.2) is 42.5 Å². The summed E-state index contributed by atoms with van der Waals surface area (Å²) in [5, 5.41) is 3.02. The van der Waals surface area contributed by atoms with Gasteiger partial charge in [-0.05, 0) is 30.3 Å². The number of carbonyl (C=O) groups excluding carboxylic acids is 3. The predicted octanol–water partition coefficient (Wildman–Crippen LogP) is 1.80. The first-order valence-corrected chi connectivity index (χ1v) is 7.75. The van der Waals surface area contributed by atoms with E-state index in [0.29, 0.717) is 16.5 Å². The van der Waals surface area contributed by atoms with E-state index in [4.69, 9.17) is 22.1 Å². The third kappa shape index (κ3) is 3.56. The van der Waals surface area contributed by atoms with Gasteiger partial charge < -0.3 is 15.8 Å². The molecule has 0 fully saturated rings. The standard InChI is InChI=1S/C17H14ClN3O4/c18-10-5-6-14-13(7-10)21(16(23)9-25-14)8-15(22)20-12-4-2-1-3-11(12)17(19)24/h1-7H,8-9H2,(H2,19,24)(H,20,22). The lowest BCUT2D eigenvalue weighted by Gasteiger charge is -2.29. The number of amides is 3. The molecular formula is C17H14ClN3O4. The fourth-order valence-electron chi connectivity index (χ4n) is 2.49. The zero-order chi connectivity index (χ0) is 18.0. The minimum absolute atomic E-state index is 0.167. The quantitative estimate of drug-likeness (QED) is 0.869. The van der Waals surface area contributed by atoms with Crippen molar-refractivity contribution in [3.63, 3.8) is 0 Å². The van der Waals surface area contributed by atoms with Gasteiger partial charge in [-0.15, -0.1) is 0 Å². The van der Waals surface area contributed by atoms with E-state index in [1.54, 1.807) is 36.4 Å². The molecule has 1 heterocycles. The topological polar surface area (TPSA) is 102 Å². The van der Waals surface area contributed by atoms with Crippen molar-refractivity contribution < 1.29 is 19.1 Å². The second-order valence-electron chi connectivity index (χ2n) is 5.34. The molecule has 2 aromatic rings. The molecule has 0 aliphatic carbocycles. The Morgan fingerprint density at radius 2 is 2.00 bits per heavy atom. The predicted molar refractivity (Wildman–Crippen MR) is 92.9 cm³/mol. The zero-order valence-corrected chi connectivity index (χ0v) is 13.7. The minimum atomic E-state index is -0.657. The average molecular weight is 360 g/mol. The number of primary amides is 1.